The molecule has 0 aromatic carbocycles. The van der Waals surface area contributed by atoms with Gasteiger partial charge in [-0.25, -0.2) is 0 Å². The van der Waals surface area contributed by atoms with Gasteiger partial charge in [-0.15, -0.1) is 0 Å². The van der Waals surface area contributed by atoms with Gasteiger partial charge < -0.3 is 5.32 Å². The summed E-state index contributed by atoms with van der Waals surface area (Å²) in [5.74, 6) is 0. The maximum atomic E-state index is 11.8. The predicted octanol–water partition coefficient (Wildman–Crippen LogP) is 2.29. The highest BCUT2D eigenvalue weighted by Gasteiger charge is 2.27. The third kappa shape index (κ3) is 3.74. The molecule has 14 heavy (non-hydrogen) atoms. The standard InChI is InChI=1S/C9H11F3N2/c1-7(14-6-9(10,11)12)8-4-2-3-5-13-8/h2-5,7,14H,6H2,1H3. The molecule has 0 radical (unpaired) electrons. The van der Waals surface area contributed by atoms with E-state index in [0.717, 1.165) is 0 Å². The van der Waals surface area contributed by atoms with Crippen molar-refractivity contribution in [2.45, 2.75) is 19.1 Å². The lowest BCUT2D eigenvalue weighted by Crippen LogP contribution is -2.31. The highest BCUT2D eigenvalue weighted by atomic mass is 19.4. The van der Waals surface area contributed by atoms with Gasteiger partial charge in [0.05, 0.1) is 12.2 Å². The first-order valence-corrected chi connectivity index (χ1v) is 4.20. The predicted molar refractivity (Wildman–Crippen MR) is 46.7 cm³/mol. The second kappa shape index (κ2) is 4.41. The molecule has 1 unspecified atom stereocenters. The van der Waals surface area contributed by atoms with Crippen molar-refractivity contribution in [3.8, 4) is 0 Å². The third-order valence-electron chi connectivity index (χ3n) is 1.74. The van der Waals surface area contributed by atoms with Gasteiger partial charge in [-0.3, -0.25) is 4.98 Å². The quantitative estimate of drug-likeness (QED) is 0.817. The maximum absolute atomic E-state index is 11.8. The highest BCUT2D eigenvalue weighted by molar-refractivity contribution is 5.07. The second-order valence-corrected chi connectivity index (χ2v) is 2.97. The van der Waals surface area contributed by atoms with Crippen LogP contribution in [-0.2, 0) is 0 Å². The summed E-state index contributed by atoms with van der Waals surface area (Å²) >= 11 is 0. The van der Waals surface area contributed by atoms with Gasteiger partial charge in [0.2, 0.25) is 0 Å². The molecule has 1 aromatic heterocycles. The molecule has 0 spiro atoms. The van der Waals surface area contributed by atoms with Gasteiger partial charge in [0, 0.05) is 12.2 Å². The van der Waals surface area contributed by atoms with Crippen molar-refractivity contribution < 1.29 is 13.2 Å². The smallest absolute Gasteiger partial charge is 0.301 e. The van der Waals surface area contributed by atoms with Crippen LogP contribution < -0.4 is 5.32 Å². The van der Waals surface area contributed by atoms with Crippen LogP contribution in [0.15, 0.2) is 24.4 Å². The molecule has 0 saturated carbocycles. The molecule has 1 rings (SSSR count). The Balaban J connectivity index is 2.48. The molecule has 0 aliphatic carbocycles. The molecule has 0 aliphatic heterocycles. The summed E-state index contributed by atoms with van der Waals surface area (Å²) in [4.78, 5) is 3.95. The first kappa shape index (κ1) is 11.0. The number of halogens is 3. The number of rotatable bonds is 3. The van der Waals surface area contributed by atoms with E-state index in [1.165, 1.54) is 0 Å². The van der Waals surface area contributed by atoms with Crippen molar-refractivity contribution in [1.82, 2.24) is 10.3 Å². The molecule has 1 aromatic rings. The van der Waals surface area contributed by atoms with E-state index in [-0.39, 0.29) is 0 Å². The third-order valence-corrected chi connectivity index (χ3v) is 1.74. The minimum Gasteiger partial charge on any atom is -0.301 e. The lowest BCUT2D eigenvalue weighted by atomic mass is 10.2. The minimum absolute atomic E-state index is 0.391. The zero-order valence-electron chi connectivity index (χ0n) is 7.67. The summed E-state index contributed by atoms with van der Waals surface area (Å²) in [6, 6.07) is 4.76. The van der Waals surface area contributed by atoms with Crippen LogP contribution in [0.25, 0.3) is 0 Å². The Kier molecular flexibility index (Phi) is 3.46. The summed E-state index contributed by atoms with van der Waals surface area (Å²) < 4.78 is 35.5. The number of nitrogens with one attached hydrogen (secondary N) is 1. The normalized spacial score (nSPS) is 14.0. The van der Waals surface area contributed by atoms with Crippen molar-refractivity contribution in [2.75, 3.05) is 6.54 Å². The molecule has 1 heterocycles. The number of pyridine rings is 1. The van der Waals surface area contributed by atoms with E-state index in [1.54, 1.807) is 31.3 Å². The summed E-state index contributed by atoms with van der Waals surface area (Å²) in [6.45, 7) is 0.652. The van der Waals surface area contributed by atoms with Gasteiger partial charge in [0.15, 0.2) is 0 Å². The molecule has 0 saturated heterocycles. The first-order chi connectivity index (χ1) is 6.49. The second-order valence-electron chi connectivity index (χ2n) is 2.97. The largest absolute Gasteiger partial charge is 0.401 e. The first-order valence-electron chi connectivity index (χ1n) is 4.20. The van der Waals surface area contributed by atoms with E-state index in [4.69, 9.17) is 0 Å². The Labute approximate surface area is 80.2 Å². The molecular formula is C9H11F3N2. The van der Waals surface area contributed by atoms with Gasteiger partial charge in [0.25, 0.3) is 0 Å². The molecule has 5 heteroatoms. The fraction of sp³-hybridized carbons (Fsp3) is 0.444. The maximum Gasteiger partial charge on any atom is 0.401 e. The monoisotopic (exact) mass is 204 g/mol. The van der Waals surface area contributed by atoms with E-state index in [9.17, 15) is 13.2 Å². The van der Waals surface area contributed by atoms with E-state index in [2.05, 4.69) is 10.3 Å². The molecule has 0 aliphatic rings. The molecule has 0 amide bonds. The Morgan fingerprint density at radius 3 is 2.64 bits per heavy atom. The van der Waals surface area contributed by atoms with Crippen molar-refractivity contribution in [3.05, 3.63) is 30.1 Å². The minimum atomic E-state index is -4.18. The number of hydrogen-bond acceptors (Lipinski definition) is 2. The molecular weight excluding hydrogens is 193 g/mol. The van der Waals surface area contributed by atoms with E-state index < -0.39 is 18.8 Å². The average molecular weight is 204 g/mol. The fourth-order valence-electron chi connectivity index (χ4n) is 1.01. The number of aromatic nitrogens is 1. The van der Waals surface area contributed by atoms with Crippen LogP contribution in [-0.4, -0.2) is 17.7 Å². The van der Waals surface area contributed by atoms with Crippen molar-refractivity contribution in [2.24, 2.45) is 0 Å². The molecule has 1 atom stereocenters. The van der Waals surface area contributed by atoms with Gasteiger partial charge in [-0.1, -0.05) is 6.07 Å². The molecule has 0 bridgehead atoms. The summed E-state index contributed by atoms with van der Waals surface area (Å²) in [6.07, 6.45) is -2.62. The van der Waals surface area contributed by atoms with E-state index in [1.807, 2.05) is 0 Å². The summed E-state index contributed by atoms with van der Waals surface area (Å²) in [7, 11) is 0. The van der Waals surface area contributed by atoms with Crippen LogP contribution >= 0.6 is 0 Å². The van der Waals surface area contributed by atoms with Gasteiger partial charge in [-0.2, -0.15) is 13.2 Å². The molecule has 0 fully saturated rings. The Bertz CT molecular complexity index is 271. The average Bonchev–Trinajstić information content (AvgIpc) is 2.14. The highest BCUT2D eigenvalue weighted by Crippen LogP contribution is 2.15. The van der Waals surface area contributed by atoms with Crippen LogP contribution in [0.1, 0.15) is 18.7 Å². The molecule has 2 nitrogen and oxygen atoms in total. The van der Waals surface area contributed by atoms with E-state index in [0.29, 0.717) is 5.69 Å². The zero-order chi connectivity index (χ0) is 10.6. The number of hydrogen-bond donors (Lipinski definition) is 1. The van der Waals surface area contributed by atoms with Crippen LogP contribution in [0.2, 0.25) is 0 Å². The fourth-order valence-corrected chi connectivity index (χ4v) is 1.01. The SMILES string of the molecule is CC(NCC(F)(F)F)c1ccccn1. The zero-order valence-corrected chi connectivity index (χ0v) is 7.67. The lowest BCUT2D eigenvalue weighted by Gasteiger charge is -2.14. The summed E-state index contributed by atoms with van der Waals surface area (Å²) in [5, 5.41) is 2.35. The Morgan fingerprint density at radius 2 is 2.14 bits per heavy atom. The number of nitrogens with zero attached hydrogens (tertiary/aromatic N) is 1. The van der Waals surface area contributed by atoms with Crippen molar-refractivity contribution in [1.29, 1.82) is 0 Å². The van der Waals surface area contributed by atoms with Crippen LogP contribution in [0.5, 0.6) is 0 Å². The van der Waals surface area contributed by atoms with Gasteiger partial charge in [0.1, 0.15) is 0 Å². The lowest BCUT2D eigenvalue weighted by molar-refractivity contribution is -0.126. The topological polar surface area (TPSA) is 24.9 Å². The van der Waals surface area contributed by atoms with Gasteiger partial charge in [-0.05, 0) is 19.1 Å². The van der Waals surface area contributed by atoms with Crippen molar-refractivity contribution >= 4 is 0 Å². The van der Waals surface area contributed by atoms with Crippen LogP contribution in [0.3, 0.4) is 0 Å². The van der Waals surface area contributed by atoms with Crippen LogP contribution in [0, 0.1) is 0 Å². The van der Waals surface area contributed by atoms with Gasteiger partial charge >= 0.3 is 6.18 Å². The molecule has 78 valence electrons. The summed E-state index contributed by atoms with van der Waals surface area (Å²) in [5.41, 5.74) is 0.608. The Morgan fingerprint density at radius 1 is 1.43 bits per heavy atom. The number of alkyl halides is 3. The van der Waals surface area contributed by atoms with Crippen molar-refractivity contribution in [3.63, 3.8) is 0 Å². The Hall–Kier alpha value is -1.10. The molecule has 1 N–H and O–H groups in total. The van der Waals surface area contributed by atoms with Crippen LogP contribution in [0.4, 0.5) is 13.2 Å². The van der Waals surface area contributed by atoms with E-state index >= 15 is 0 Å².